The minimum absolute atomic E-state index is 0.624. The third kappa shape index (κ3) is 2.30. The molecule has 0 amide bonds. The highest BCUT2D eigenvalue weighted by atomic mass is 127. The SMILES string of the molecule is Cc1cccc(CCC=O)c1I. The summed E-state index contributed by atoms with van der Waals surface area (Å²) in [5.74, 6) is 0. The Labute approximate surface area is 86.3 Å². The second kappa shape index (κ2) is 4.60. The fourth-order valence-electron chi connectivity index (χ4n) is 1.12. The molecule has 1 nitrogen and oxygen atoms in total. The molecule has 0 saturated carbocycles. The van der Waals surface area contributed by atoms with Gasteiger partial charge in [-0.05, 0) is 47.1 Å². The van der Waals surface area contributed by atoms with Crippen LogP contribution in [0.15, 0.2) is 18.2 Å². The molecule has 0 saturated heterocycles. The van der Waals surface area contributed by atoms with Gasteiger partial charge in [-0.1, -0.05) is 18.2 Å². The molecule has 1 rings (SSSR count). The summed E-state index contributed by atoms with van der Waals surface area (Å²) in [6.07, 6.45) is 2.46. The maximum Gasteiger partial charge on any atom is 0.120 e. The lowest BCUT2D eigenvalue weighted by Crippen LogP contribution is -1.92. The van der Waals surface area contributed by atoms with Gasteiger partial charge >= 0.3 is 0 Å². The number of benzene rings is 1. The van der Waals surface area contributed by atoms with Crippen LogP contribution in [0, 0.1) is 10.5 Å². The van der Waals surface area contributed by atoms with E-state index in [1.165, 1.54) is 14.7 Å². The summed E-state index contributed by atoms with van der Waals surface area (Å²) in [4.78, 5) is 10.2. The molecule has 0 bridgehead atoms. The van der Waals surface area contributed by atoms with Crippen LogP contribution < -0.4 is 0 Å². The summed E-state index contributed by atoms with van der Waals surface area (Å²) in [5, 5.41) is 0. The van der Waals surface area contributed by atoms with Crippen LogP contribution in [-0.2, 0) is 11.2 Å². The monoisotopic (exact) mass is 274 g/mol. The van der Waals surface area contributed by atoms with E-state index in [1.807, 2.05) is 6.07 Å². The van der Waals surface area contributed by atoms with Crippen LogP contribution in [0.1, 0.15) is 17.5 Å². The number of aldehydes is 1. The fraction of sp³-hybridized carbons (Fsp3) is 0.300. The first-order valence-electron chi connectivity index (χ1n) is 3.93. The zero-order valence-corrected chi connectivity index (χ0v) is 9.17. The van der Waals surface area contributed by atoms with Crippen molar-refractivity contribution >= 4 is 28.9 Å². The van der Waals surface area contributed by atoms with Gasteiger partial charge in [0.2, 0.25) is 0 Å². The van der Waals surface area contributed by atoms with Crippen molar-refractivity contribution in [2.24, 2.45) is 0 Å². The molecule has 0 N–H and O–H groups in total. The predicted octanol–water partition coefficient (Wildman–Crippen LogP) is 2.73. The molecule has 0 aliphatic heterocycles. The zero-order chi connectivity index (χ0) is 8.97. The maximum absolute atomic E-state index is 10.2. The summed E-state index contributed by atoms with van der Waals surface area (Å²) >= 11 is 2.33. The molecular weight excluding hydrogens is 263 g/mol. The minimum atomic E-state index is 0.624. The van der Waals surface area contributed by atoms with Gasteiger partial charge in [0.15, 0.2) is 0 Å². The molecule has 2 heteroatoms. The Morgan fingerprint density at radius 1 is 1.50 bits per heavy atom. The van der Waals surface area contributed by atoms with Crippen molar-refractivity contribution in [1.29, 1.82) is 0 Å². The third-order valence-corrected chi connectivity index (χ3v) is 3.35. The van der Waals surface area contributed by atoms with E-state index in [0.29, 0.717) is 6.42 Å². The standard InChI is InChI=1S/C10H11IO/c1-8-4-2-5-9(10(8)11)6-3-7-12/h2,4-5,7H,3,6H2,1H3. The van der Waals surface area contributed by atoms with Crippen molar-refractivity contribution in [2.45, 2.75) is 19.8 Å². The zero-order valence-electron chi connectivity index (χ0n) is 7.01. The van der Waals surface area contributed by atoms with E-state index in [9.17, 15) is 4.79 Å². The van der Waals surface area contributed by atoms with Crippen LogP contribution in [0.3, 0.4) is 0 Å². The van der Waals surface area contributed by atoms with Gasteiger partial charge < -0.3 is 4.79 Å². The van der Waals surface area contributed by atoms with Crippen LogP contribution in [0.25, 0.3) is 0 Å². The van der Waals surface area contributed by atoms with Crippen molar-refractivity contribution in [3.63, 3.8) is 0 Å². The van der Waals surface area contributed by atoms with Gasteiger partial charge in [0.05, 0.1) is 0 Å². The van der Waals surface area contributed by atoms with Crippen molar-refractivity contribution < 1.29 is 4.79 Å². The molecule has 0 radical (unpaired) electrons. The average Bonchev–Trinajstić information content (AvgIpc) is 2.08. The Hall–Kier alpha value is -0.380. The van der Waals surface area contributed by atoms with Crippen molar-refractivity contribution in [3.05, 3.63) is 32.9 Å². The lowest BCUT2D eigenvalue weighted by Gasteiger charge is -2.04. The van der Waals surface area contributed by atoms with Crippen molar-refractivity contribution in [1.82, 2.24) is 0 Å². The van der Waals surface area contributed by atoms with E-state index < -0.39 is 0 Å². The predicted molar refractivity (Wildman–Crippen MR) is 58.3 cm³/mol. The summed E-state index contributed by atoms with van der Waals surface area (Å²) in [7, 11) is 0. The molecule has 0 aromatic heterocycles. The lowest BCUT2D eigenvalue weighted by molar-refractivity contribution is -0.107. The molecule has 12 heavy (non-hydrogen) atoms. The smallest absolute Gasteiger partial charge is 0.120 e. The van der Waals surface area contributed by atoms with E-state index in [-0.39, 0.29) is 0 Å². The van der Waals surface area contributed by atoms with Gasteiger partial charge in [-0.2, -0.15) is 0 Å². The number of hydrogen-bond donors (Lipinski definition) is 0. The van der Waals surface area contributed by atoms with Gasteiger partial charge in [0.1, 0.15) is 6.29 Å². The van der Waals surface area contributed by atoms with Crippen LogP contribution in [-0.4, -0.2) is 6.29 Å². The molecule has 0 heterocycles. The Morgan fingerprint density at radius 2 is 2.25 bits per heavy atom. The van der Waals surface area contributed by atoms with Gasteiger partial charge in [-0.25, -0.2) is 0 Å². The number of rotatable bonds is 3. The molecule has 0 aliphatic carbocycles. The lowest BCUT2D eigenvalue weighted by atomic mass is 10.1. The summed E-state index contributed by atoms with van der Waals surface area (Å²) in [6.45, 7) is 2.09. The van der Waals surface area contributed by atoms with Gasteiger partial charge in [0, 0.05) is 9.99 Å². The van der Waals surface area contributed by atoms with Crippen LogP contribution >= 0.6 is 22.6 Å². The highest BCUT2D eigenvalue weighted by Gasteiger charge is 2.00. The molecule has 1 aromatic rings. The quantitative estimate of drug-likeness (QED) is 0.612. The second-order valence-electron chi connectivity index (χ2n) is 2.75. The Bertz CT molecular complexity index is 281. The number of carbonyl (C=O) groups excluding carboxylic acids is 1. The molecule has 0 fully saturated rings. The fourth-order valence-corrected chi connectivity index (χ4v) is 1.74. The molecule has 0 unspecified atom stereocenters. The first kappa shape index (κ1) is 9.71. The number of aryl methyl sites for hydroxylation is 2. The van der Waals surface area contributed by atoms with Gasteiger partial charge in [-0.15, -0.1) is 0 Å². The Balaban J connectivity index is 2.84. The molecular formula is C10H11IO. The van der Waals surface area contributed by atoms with E-state index in [1.54, 1.807) is 0 Å². The first-order valence-corrected chi connectivity index (χ1v) is 5.01. The number of hydrogen-bond acceptors (Lipinski definition) is 1. The topological polar surface area (TPSA) is 17.1 Å². The van der Waals surface area contributed by atoms with E-state index in [2.05, 4.69) is 41.6 Å². The van der Waals surface area contributed by atoms with Crippen LogP contribution in [0.5, 0.6) is 0 Å². The van der Waals surface area contributed by atoms with Crippen LogP contribution in [0.4, 0.5) is 0 Å². The maximum atomic E-state index is 10.2. The normalized spacial score (nSPS) is 9.83. The summed E-state index contributed by atoms with van der Waals surface area (Å²) in [5.41, 5.74) is 2.57. The third-order valence-electron chi connectivity index (χ3n) is 1.80. The van der Waals surface area contributed by atoms with Crippen molar-refractivity contribution in [2.75, 3.05) is 0 Å². The van der Waals surface area contributed by atoms with E-state index in [4.69, 9.17) is 0 Å². The largest absolute Gasteiger partial charge is 0.303 e. The summed E-state index contributed by atoms with van der Waals surface area (Å²) in [6, 6.07) is 6.21. The average molecular weight is 274 g/mol. The minimum Gasteiger partial charge on any atom is -0.303 e. The molecule has 0 atom stereocenters. The summed E-state index contributed by atoms with van der Waals surface area (Å²) < 4.78 is 1.29. The van der Waals surface area contributed by atoms with Gasteiger partial charge in [-0.3, -0.25) is 0 Å². The van der Waals surface area contributed by atoms with E-state index in [0.717, 1.165) is 12.7 Å². The molecule has 0 aliphatic rings. The highest BCUT2D eigenvalue weighted by Crippen LogP contribution is 2.17. The highest BCUT2D eigenvalue weighted by molar-refractivity contribution is 14.1. The molecule has 64 valence electrons. The Morgan fingerprint density at radius 3 is 2.92 bits per heavy atom. The number of carbonyl (C=O) groups is 1. The second-order valence-corrected chi connectivity index (χ2v) is 3.83. The number of halogens is 1. The molecule has 1 aromatic carbocycles. The Kier molecular flexibility index (Phi) is 3.72. The van der Waals surface area contributed by atoms with Crippen molar-refractivity contribution in [3.8, 4) is 0 Å². The first-order chi connectivity index (χ1) is 5.75. The molecule has 0 spiro atoms. The van der Waals surface area contributed by atoms with Gasteiger partial charge in [0.25, 0.3) is 0 Å². The van der Waals surface area contributed by atoms with E-state index >= 15 is 0 Å². The van der Waals surface area contributed by atoms with Crippen LogP contribution in [0.2, 0.25) is 0 Å².